The highest BCUT2D eigenvalue weighted by Crippen LogP contribution is 2.18. The number of likely N-dealkylation sites (tertiary alicyclic amines) is 1. The van der Waals surface area contributed by atoms with Crippen molar-refractivity contribution in [1.82, 2.24) is 4.90 Å². The number of hydrogen-bond acceptors (Lipinski definition) is 2. The maximum Gasteiger partial charge on any atom is 0.0618 e. The Hall–Kier alpha value is -0.340. The maximum absolute atomic E-state index is 5.12. The number of piperidine rings is 1. The van der Waals surface area contributed by atoms with Gasteiger partial charge in [-0.2, -0.15) is 0 Å². The van der Waals surface area contributed by atoms with Crippen LogP contribution in [0.25, 0.3) is 0 Å². The van der Waals surface area contributed by atoms with Gasteiger partial charge in [-0.15, -0.1) is 0 Å². The van der Waals surface area contributed by atoms with Gasteiger partial charge in [-0.1, -0.05) is 12.2 Å². The second-order valence-electron chi connectivity index (χ2n) is 3.31. The maximum atomic E-state index is 5.12. The van der Waals surface area contributed by atoms with E-state index in [9.17, 15) is 0 Å². The lowest BCUT2D eigenvalue weighted by molar-refractivity contribution is 0.0959. The highest BCUT2D eigenvalue weighted by Gasteiger charge is 2.19. The first-order valence-electron chi connectivity index (χ1n) is 4.10. The molecule has 0 aromatic rings. The number of nitrogens with zero attached hydrogens (tertiary/aromatic N) is 1. The van der Waals surface area contributed by atoms with Crippen molar-refractivity contribution >= 4 is 0 Å². The second kappa shape index (κ2) is 3.88. The first-order valence-corrected chi connectivity index (χ1v) is 4.10. The summed E-state index contributed by atoms with van der Waals surface area (Å²) in [6.07, 6.45) is 2.36. The molecule has 0 spiro atoms. The van der Waals surface area contributed by atoms with Gasteiger partial charge in [0.15, 0.2) is 0 Å². The van der Waals surface area contributed by atoms with Crippen LogP contribution in [0.4, 0.5) is 0 Å². The fourth-order valence-corrected chi connectivity index (χ4v) is 1.55. The van der Waals surface area contributed by atoms with Crippen molar-refractivity contribution in [3.8, 4) is 0 Å². The van der Waals surface area contributed by atoms with Crippen molar-refractivity contribution in [3.05, 3.63) is 12.2 Å². The van der Waals surface area contributed by atoms with E-state index in [1.54, 1.807) is 7.11 Å². The van der Waals surface area contributed by atoms with Gasteiger partial charge >= 0.3 is 0 Å². The quantitative estimate of drug-likeness (QED) is 0.557. The highest BCUT2D eigenvalue weighted by atomic mass is 16.5. The lowest BCUT2D eigenvalue weighted by Gasteiger charge is -2.33. The zero-order valence-electron chi connectivity index (χ0n) is 7.47. The van der Waals surface area contributed by atoms with Gasteiger partial charge in [0, 0.05) is 19.7 Å². The lowest BCUT2D eigenvalue weighted by atomic mass is 10.0. The monoisotopic (exact) mass is 155 g/mol. The van der Waals surface area contributed by atoms with Crippen molar-refractivity contribution in [2.75, 3.05) is 27.3 Å². The zero-order valence-corrected chi connectivity index (χ0v) is 7.47. The molecule has 0 aliphatic carbocycles. The SMILES string of the molecule is C=C1CCC(COC)N(C)C1. The summed E-state index contributed by atoms with van der Waals surface area (Å²) in [6, 6.07) is 0.602. The standard InChI is InChI=1S/C9H17NO/c1-8-4-5-9(7-11-3)10(2)6-8/h9H,1,4-7H2,2-3H3. The molecule has 0 bridgehead atoms. The highest BCUT2D eigenvalue weighted by molar-refractivity contribution is 5.02. The molecule has 64 valence electrons. The predicted molar refractivity (Wildman–Crippen MR) is 46.7 cm³/mol. The van der Waals surface area contributed by atoms with Gasteiger partial charge in [-0.3, -0.25) is 4.90 Å². The Labute approximate surface area is 68.8 Å². The van der Waals surface area contributed by atoms with Gasteiger partial charge in [0.25, 0.3) is 0 Å². The van der Waals surface area contributed by atoms with Crippen molar-refractivity contribution in [1.29, 1.82) is 0 Å². The summed E-state index contributed by atoms with van der Waals surface area (Å²) in [4.78, 5) is 2.31. The molecule has 1 saturated heterocycles. The number of rotatable bonds is 2. The molecule has 1 heterocycles. The molecule has 0 amide bonds. The van der Waals surface area contributed by atoms with Crippen LogP contribution in [0, 0.1) is 0 Å². The van der Waals surface area contributed by atoms with E-state index in [4.69, 9.17) is 4.74 Å². The van der Waals surface area contributed by atoms with E-state index in [1.807, 2.05) is 0 Å². The van der Waals surface area contributed by atoms with Crippen LogP contribution in [0.5, 0.6) is 0 Å². The van der Waals surface area contributed by atoms with Crippen molar-refractivity contribution in [2.45, 2.75) is 18.9 Å². The van der Waals surface area contributed by atoms with E-state index in [2.05, 4.69) is 18.5 Å². The number of ether oxygens (including phenoxy) is 1. The first-order chi connectivity index (χ1) is 5.24. The Morgan fingerprint density at radius 3 is 3.00 bits per heavy atom. The molecule has 0 aromatic heterocycles. The summed E-state index contributed by atoms with van der Waals surface area (Å²) in [5.41, 5.74) is 1.35. The molecule has 1 atom stereocenters. The normalized spacial score (nSPS) is 27.5. The molecule has 2 nitrogen and oxygen atoms in total. The van der Waals surface area contributed by atoms with E-state index in [-0.39, 0.29) is 0 Å². The minimum Gasteiger partial charge on any atom is -0.383 e. The Kier molecular flexibility index (Phi) is 3.09. The van der Waals surface area contributed by atoms with Gasteiger partial charge in [-0.25, -0.2) is 0 Å². The third-order valence-electron chi connectivity index (χ3n) is 2.29. The molecule has 11 heavy (non-hydrogen) atoms. The average Bonchev–Trinajstić information content (AvgIpc) is 1.95. The third kappa shape index (κ3) is 2.31. The minimum absolute atomic E-state index is 0.602. The molecule has 0 radical (unpaired) electrons. The molecule has 1 rings (SSSR count). The Balaban J connectivity index is 2.37. The van der Waals surface area contributed by atoms with Crippen LogP contribution in [-0.2, 0) is 4.74 Å². The number of hydrogen-bond donors (Lipinski definition) is 0. The third-order valence-corrected chi connectivity index (χ3v) is 2.29. The Bertz CT molecular complexity index is 144. The molecular weight excluding hydrogens is 138 g/mol. The van der Waals surface area contributed by atoms with E-state index in [0.29, 0.717) is 6.04 Å². The van der Waals surface area contributed by atoms with E-state index >= 15 is 0 Å². The second-order valence-corrected chi connectivity index (χ2v) is 3.31. The molecular formula is C9H17NO. The van der Waals surface area contributed by atoms with Crippen molar-refractivity contribution < 1.29 is 4.74 Å². The average molecular weight is 155 g/mol. The fourth-order valence-electron chi connectivity index (χ4n) is 1.55. The minimum atomic E-state index is 0.602. The lowest BCUT2D eigenvalue weighted by Crippen LogP contribution is -2.39. The van der Waals surface area contributed by atoms with Gasteiger partial charge in [-0.05, 0) is 19.9 Å². The smallest absolute Gasteiger partial charge is 0.0618 e. The Morgan fingerprint density at radius 1 is 1.73 bits per heavy atom. The molecule has 0 saturated carbocycles. The summed E-state index contributed by atoms with van der Waals surface area (Å²) in [5, 5.41) is 0. The van der Waals surface area contributed by atoms with Crippen LogP contribution in [0.15, 0.2) is 12.2 Å². The van der Waals surface area contributed by atoms with Crippen LogP contribution in [-0.4, -0.2) is 38.3 Å². The molecule has 1 unspecified atom stereocenters. The molecule has 0 N–H and O–H groups in total. The first kappa shape index (κ1) is 8.75. The van der Waals surface area contributed by atoms with Crippen molar-refractivity contribution in [2.24, 2.45) is 0 Å². The van der Waals surface area contributed by atoms with Gasteiger partial charge < -0.3 is 4.74 Å². The number of likely N-dealkylation sites (N-methyl/N-ethyl adjacent to an activating group) is 1. The largest absolute Gasteiger partial charge is 0.383 e. The van der Waals surface area contributed by atoms with Gasteiger partial charge in [0.1, 0.15) is 0 Å². The summed E-state index contributed by atoms with van der Waals surface area (Å²) < 4.78 is 5.12. The Morgan fingerprint density at radius 2 is 2.45 bits per heavy atom. The van der Waals surface area contributed by atoms with Crippen LogP contribution in [0.3, 0.4) is 0 Å². The van der Waals surface area contributed by atoms with Gasteiger partial charge in [0.05, 0.1) is 6.61 Å². The van der Waals surface area contributed by atoms with Crippen molar-refractivity contribution in [3.63, 3.8) is 0 Å². The van der Waals surface area contributed by atoms with E-state index in [0.717, 1.165) is 13.2 Å². The van der Waals surface area contributed by atoms with Crippen LogP contribution < -0.4 is 0 Å². The summed E-state index contributed by atoms with van der Waals surface area (Å²) >= 11 is 0. The fraction of sp³-hybridized carbons (Fsp3) is 0.778. The van der Waals surface area contributed by atoms with E-state index < -0.39 is 0 Å². The molecule has 1 aliphatic heterocycles. The molecule has 2 heteroatoms. The van der Waals surface area contributed by atoms with Gasteiger partial charge in [0.2, 0.25) is 0 Å². The molecule has 1 aliphatic rings. The molecule has 1 fully saturated rings. The predicted octanol–water partition coefficient (Wildman–Crippen LogP) is 1.28. The van der Waals surface area contributed by atoms with Crippen LogP contribution >= 0.6 is 0 Å². The zero-order chi connectivity index (χ0) is 8.27. The van der Waals surface area contributed by atoms with E-state index in [1.165, 1.54) is 18.4 Å². The molecule has 0 aromatic carbocycles. The summed E-state index contributed by atoms with van der Waals surface area (Å²) in [5.74, 6) is 0. The summed E-state index contributed by atoms with van der Waals surface area (Å²) in [6.45, 7) is 5.86. The topological polar surface area (TPSA) is 12.5 Å². The number of methoxy groups -OCH3 is 1. The van der Waals surface area contributed by atoms with Crippen LogP contribution in [0.2, 0.25) is 0 Å². The van der Waals surface area contributed by atoms with Crippen LogP contribution in [0.1, 0.15) is 12.8 Å². The summed E-state index contributed by atoms with van der Waals surface area (Å²) in [7, 11) is 3.89.